The monoisotopic (exact) mass is 529 g/mol. The van der Waals surface area contributed by atoms with Gasteiger partial charge in [0, 0.05) is 31.4 Å². The largest absolute Gasteiger partial charge is 0.493 e. The van der Waals surface area contributed by atoms with Gasteiger partial charge in [-0.3, -0.25) is 9.20 Å². The number of fused-ring (bicyclic) bond motifs is 1. The van der Waals surface area contributed by atoms with Crippen molar-refractivity contribution in [3.8, 4) is 28.5 Å². The molecule has 0 atom stereocenters. The molecule has 2 N–H and O–H groups in total. The maximum atomic E-state index is 13.2. The highest BCUT2D eigenvalue weighted by Gasteiger charge is 2.20. The molecule has 1 amide bonds. The zero-order valence-electron chi connectivity index (χ0n) is 22.7. The molecule has 5 rings (SSSR count). The van der Waals surface area contributed by atoms with Crippen molar-refractivity contribution in [3.63, 3.8) is 0 Å². The number of anilines is 1. The highest BCUT2D eigenvalue weighted by molar-refractivity contribution is 6.00. The number of hydrogen-bond donors (Lipinski definition) is 2. The number of methoxy groups -OCH3 is 3. The van der Waals surface area contributed by atoms with Gasteiger partial charge in [0.05, 0.1) is 26.9 Å². The van der Waals surface area contributed by atoms with E-state index in [1.165, 1.54) is 12.8 Å². The SMILES string of the molecule is COc1cc(CNc2c(-c3ccccc3)nc3c(C(=O)NCCN4CCCC4)cccn23)cc(OC)c1OC. The van der Waals surface area contributed by atoms with E-state index in [9.17, 15) is 4.79 Å². The molecule has 0 spiro atoms. The molecule has 0 bridgehead atoms. The van der Waals surface area contributed by atoms with Gasteiger partial charge in [-0.05, 0) is 55.8 Å². The normalized spacial score (nSPS) is 13.4. The molecule has 3 heterocycles. The lowest BCUT2D eigenvalue weighted by Crippen LogP contribution is -2.33. The molecule has 1 saturated heterocycles. The Kier molecular flexibility index (Phi) is 8.17. The van der Waals surface area contributed by atoms with Crippen molar-refractivity contribution in [2.45, 2.75) is 19.4 Å². The number of carbonyl (C=O) groups excluding carboxylic acids is 1. The highest BCUT2D eigenvalue weighted by Crippen LogP contribution is 2.38. The number of amides is 1. The van der Waals surface area contributed by atoms with Crippen LogP contribution >= 0.6 is 0 Å². The fourth-order valence-corrected chi connectivity index (χ4v) is 5.06. The molecule has 204 valence electrons. The molecule has 39 heavy (non-hydrogen) atoms. The predicted octanol–water partition coefficient (Wildman–Crippen LogP) is 4.46. The maximum absolute atomic E-state index is 13.2. The average molecular weight is 530 g/mol. The Morgan fingerprint density at radius 3 is 2.33 bits per heavy atom. The standard InChI is InChI=1S/C30H35N5O4/c1-37-24-18-21(19-25(38-2)27(24)39-3)20-32-29-26(22-10-5-4-6-11-22)33-28-23(12-9-16-35(28)29)30(36)31-13-17-34-14-7-8-15-34/h4-6,9-12,16,18-19,32H,7-8,13-15,17,20H2,1-3H3,(H,31,36). The van der Waals surface area contributed by atoms with Gasteiger partial charge in [-0.2, -0.15) is 0 Å². The number of benzene rings is 2. The summed E-state index contributed by atoms with van der Waals surface area (Å²) < 4.78 is 18.5. The van der Waals surface area contributed by atoms with Crippen molar-refractivity contribution in [1.29, 1.82) is 0 Å². The Balaban J connectivity index is 1.46. The fraction of sp³-hybridized carbons (Fsp3) is 0.333. The zero-order chi connectivity index (χ0) is 27.2. The van der Waals surface area contributed by atoms with Crippen LogP contribution in [0.5, 0.6) is 17.2 Å². The van der Waals surface area contributed by atoms with Crippen molar-refractivity contribution >= 4 is 17.4 Å². The summed E-state index contributed by atoms with van der Waals surface area (Å²) in [5.74, 6) is 2.38. The second kappa shape index (κ2) is 12.1. The third kappa shape index (κ3) is 5.63. The van der Waals surface area contributed by atoms with Crippen LogP contribution < -0.4 is 24.8 Å². The van der Waals surface area contributed by atoms with E-state index in [1.54, 1.807) is 21.3 Å². The molecular formula is C30H35N5O4. The number of aromatic nitrogens is 2. The van der Waals surface area contributed by atoms with E-state index in [-0.39, 0.29) is 5.91 Å². The number of rotatable bonds is 11. The molecule has 0 aliphatic carbocycles. The molecule has 2 aromatic heterocycles. The summed E-state index contributed by atoms with van der Waals surface area (Å²) in [5, 5.41) is 6.63. The van der Waals surface area contributed by atoms with E-state index < -0.39 is 0 Å². The lowest BCUT2D eigenvalue weighted by Gasteiger charge is -2.15. The number of ether oxygens (including phenoxy) is 3. The van der Waals surface area contributed by atoms with Crippen LogP contribution in [-0.4, -0.2) is 67.7 Å². The molecule has 0 saturated carbocycles. The Morgan fingerprint density at radius 2 is 1.67 bits per heavy atom. The third-order valence-electron chi connectivity index (χ3n) is 7.04. The first kappa shape index (κ1) is 26.4. The number of pyridine rings is 1. The Morgan fingerprint density at radius 1 is 0.949 bits per heavy atom. The summed E-state index contributed by atoms with van der Waals surface area (Å²) in [6, 6.07) is 17.5. The van der Waals surface area contributed by atoms with Crippen molar-refractivity contribution < 1.29 is 19.0 Å². The lowest BCUT2D eigenvalue weighted by molar-refractivity contribution is 0.0951. The first-order chi connectivity index (χ1) is 19.1. The zero-order valence-corrected chi connectivity index (χ0v) is 22.7. The summed E-state index contributed by atoms with van der Waals surface area (Å²) in [5.41, 5.74) is 3.79. The van der Waals surface area contributed by atoms with Crippen LogP contribution in [0.3, 0.4) is 0 Å². The Bertz CT molecular complexity index is 1410. The first-order valence-electron chi connectivity index (χ1n) is 13.2. The minimum absolute atomic E-state index is 0.124. The van der Waals surface area contributed by atoms with Gasteiger partial charge in [-0.1, -0.05) is 30.3 Å². The van der Waals surface area contributed by atoms with E-state index in [0.717, 1.165) is 42.3 Å². The van der Waals surface area contributed by atoms with E-state index in [4.69, 9.17) is 19.2 Å². The van der Waals surface area contributed by atoms with Gasteiger partial charge in [-0.15, -0.1) is 0 Å². The molecule has 0 unspecified atom stereocenters. The Hall–Kier alpha value is -4.24. The van der Waals surface area contributed by atoms with Crippen LogP contribution in [0.15, 0.2) is 60.8 Å². The van der Waals surface area contributed by atoms with E-state index >= 15 is 0 Å². The summed E-state index contributed by atoms with van der Waals surface area (Å²) in [7, 11) is 4.79. The number of imidazole rings is 1. The van der Waals surface area contributed by atoms with Gasteiger partial charge in [-0.25, -0.2) is 4.98 Å². The number of nitrogens with one attached hydrogen (secondary N) is 2. The van der Waals surface area contributed by atoms with Crippen LogP contribution in [0.2, 0.25) is 0 Å². The molecule has 9 nitrogen and oxygen atoms in total. The van der Waals surface area contributed by atoms with Gasteiger partial charge in [0.1, 0.15) is 11.5 Å². The summed E-state index contributed by atoms with van der Waals surface area (Å²) >= 11 is 0. The predicted molar refractivity (Wildman–Crippen MR) is 152 cm³/mol. The third-order valence-corrected chi connectivity index (χ3v) is 7.04. The van der Waals surface area contributed by atoms with Crippen molar-refractivity contribution in [1.82, 2.24) is 19.6 Å². The summed E-state index contributed by atoms with van der Waals surface area (Å²) in [4.78, 5) is 20.6. The van der Waals surface area contributed by atoms with E-state index in [1.807, 2.05) is 65.2 Å². The van der Waals surface area contributed by atoms with Crippen LogP contribution in [-0.2, 0) is 6.54 Å². The van der Waals surface area contributed by atoms with Crippen LogP contribution in [0.25, 0.3) is 16.9 Å². The molecular weight excluding hydrogens is 494 g/mol. The van der Waals surface area contributed by atoms with Crippen molar-refractivity contribution in [2.24, 2.45) is 0 Å². The molecule has 0 radical (unpaired) electrons. The number of hydrogen-bond acceptors (Lipinski definition) is 7. The van der Waals surface area contributed by atoms with Gasteiger partial charge in [0.25, 0.3) is 5.91 Å². The second-order valence-electron chi connectivity index (χ2n) is 9.48. The van der Waals surface area contributed by atoms with Crippen molar-refractivity contribution in [3.05, 3.63) is 71.9 Å². The van der Waals surface area contributed by atoms with E-state index in [2.05, 4.69) is 15.5 Å². The van der Waals surface area contributed by atoms with Crippen molar-refractivity contribution in [2.75, 3.05) is 52.8 Å². The smallest absolute Gasteiger partial charge is 0.255 e. The minimum Gasteiger partial charge on any atom is -0.493 e. The number of likely N-dealkylation sites (tertiary alicyclic amines) is 1. The minimum atomic E-state index is -0.124. The Labute approximate surface area is 228 Å². The maximum Gasteiger partial charge on any atom is 0.255 e. The fourth-order valence-electron chi connectivity index (χ4n) is 5.06. The van der Waals surface area contributed by atoms with Crippen LogP contribution in [0, 0.1) is 0 Å². The average Bonchev–Trinajstić information content (AvgIpc) is 3.63. The number of nitrogens with zero attached hydrogens (tertiary/aromatic N) is 3. The van der Waals surface area contributed by atoms with Crippen LogP contribution in [0.1, 0.15) is 28.8 Å². The lowest BCUT2D eigenvalue weighted by atomic mass is 10.1. The molecule has 4 aromatic rings. The van der Waals surface area contributed by atoms with E-state index in [0.29, 0.717) is 41.5 Å². The van der Waals surface area contributed by atoms with Gasteiger partial charge < -0.3 is 29.7 Å². The van der Waals surface area contributed by atoms with Gasteiger partial charge in [0.15, 0.2) is 17.1 Å². The summed E-state index contributed by atoms with van der Waals surface area (Å²) in [6.45, 7) is 4.15. The number of carbonyl (C=O) groups is 1. The second-order valence-corrected chi connectivity index (χ2v) is 9.48. The molecule has 2 aromatic carbocycles. The first-order valence-corrected chi connectivity index (χ1v) is 13.2. The van der Waals surface area contributed by atoms with Gasteiger partial charge in [0.2, 0.25) is 5.75 Å². The van der Waals surface area contributed by atoms with Gasteiger partial charge >= 0.3 is 0 Å². The summed E-state index contributed by atoms with van der Waals surface area (Å²) in [6.07, 6.45) is 4.39. The van der Waals surface area contributed by atoms with Crippen LogP contribution in [0.4, 0.5) is 5.82 Å². The molecule has 9 heteroatoms. The highest BCUT2D eigenvalue weighted by atomic mass is 16.5. The molecule has 1 aliphatic rings. The quantitative estimate of drug-likeness (QED) is 0.296. The topological polar surface area (TPSA) is 89.4 Å². The molecule has 1 fully saturated rings. The molecule has 1 aliphatic heterocycles.